The molecule has 0 unspecified atom stereocenters. The molecule has 4 heteroatoms. The van der Waals surface area contributed by atoms with E-state index in [4.69, 9.17) is 9.15 Å². The first-order valence-corrected chi connectivity index (χ1v) is 6.13. The third-order valence-electron chi connectivity index (χ3n) is 3.09. The van der Waals surface area contributed by atoms with Crippen molar-refractivity contribution in [2.45, 2.75) is 39.3 Å². The van der Waals surface area contributed by atoms with Gasteiger partial charge in [-0.1, -0.05) is 6.92 Å². The monoisotopic (exact) mass is 237 g/mol. The number of ether oxygens (including phenoxy) is 1. The molecular weight excluding hydrogens is 218 g/mol. The van der Waals surface area contributed by atoms with Crippen molar-refractivity contribution in [1.82, 2.24) is 4.90 Å². The second-order valence-corrected chi connectivity index (χ2v) is 4.57. The summed E-state index contributed by atoms with van der Waals surface area (Å²) in [6.07, 6.45) is 0.901. The fourth-order valence-electron chi connectivity index (χ4n) is 2.01. The molecule has 1 aliphatic heterocycles. The minimum Gasteiger partial charge on any atom is -0.456 e. The number of carbonyl (C=O) groups is 1. The number of hydrogen-bond donors (Lipinski definition) is 0. The van der Waals surface area contributed by atoms with Crippen LogP contribution in [0.2, 0.25) is 0 Å². The number of rotatable bonds is 2. The van der Waals surface area contributed by atoms with Crippen LogP contribution in [0.5, 0.6) is 0 Å². The van der Waals surface area contributed by atoms with Gasteiger partial charge in [-0.05, 0) is 26.0 Å². The molecule has 94 valence electrons. The molecule has 1 aromatic heterocycles. The van der Waals surface area contributed by atoms with Crippen molar-refractivity contribution >= 4 is 5.91 Å². The van der Waals surface area contributed by atoms with Gasteiger partial charge in [0.2, 0.25) is 0 Å². The molecule has 0 radical (unpaired) electrons. The van der Waals surface area contributed by atoms with Crippen LogP contribution in [0.25, 0.3) is 0 Å². The lowest BCUT2D eigenvalue weighted by Gasteiger charge is -2.36. The maximum atomic E-state index is 12.3. The average molecular weight is 237 g/mol. The molecule has 0 N–H and O–H groups in total. The maximum Gasteiger partial charge on any atom is 0.289 e. The minimum atomic E-state index is -0.0349. The largest absolute Gasteiger partial charge is 0.456 e. The molecule has 1 aliphatic rings. The van der Waals surface area contributed by atoms with E-state index in [1.807, 2.05) is 31.7 Å². The summed E-state index contributed by atoms with van der Waals surface area (Å²) in [7, 11) is 0. The lowest BCUT2D eigenvalue weighted by atomic mass is 10.2. The summed E-state index contributed by atoms with van der Waals surface area (Å²) < 4.78 is 11.0. The number of furan rings is 1. The van der Waals surface area contributed by atoms with Gasteiger partial charge in [-0.15, -0.1) is 0 Å². The Hall–Kier alpha value is -1.29. The van der Waals surface area contributed by atoms with Crippen molar-refractivity contribution < 1.29 is 13.9 Å². The lowest BCUT2D eigenvalue weighted by molar-refractivity contribution is -0.0396. The fourth-order valence-corrected chi connectivity index (χ4v) is 2.01. The standard InChI is InChI=1S/C13H19NO3/c1-4-11-5-6-12(17-11)13(15)14-7-10(3)16-8-9(14)2/h5-6,9-10H,4,7-8H2,1-3H3/t9-,10+/m1/s1. The topological polar surface area (TPSA) is 42.7 Å². The number of amides is 1. The molecule has 0 bridgehead atoms. The molecule has 4 nitrogen and oxygen atoms in total. The fraction of sp³-hybridized carbons (Fsp3) is 0.615. The second kappa shape index (κ2) is 4.92. The predicted octanol–water partition coefficient (Wildman–Crippen LogP) is 2.09. The van der Waals surface area contributed by atoms with E-state index in [0.29, 0.717) is 18.9 Å². The van der Waals surface area contributed by atoms with Gasteiger partial charge in [0.05, 0.1) is 18.8 Å². The summed E-state index contributed by atoms with van der Waals surface area (Å²) >= 11 is 0. The third-order valence-corrected chi connectivity index (χ3v) is 3.09. The van der Waals surface area contributed by atoms with Gasteiger partial charge >= 0.3 is 0 Å². The van der Waals surface area contributed by atoms with E-state index < -0.39 is 0 Å². The number of hydrogen-bond acceptors (Lipinski definition) is 3. The molecule has 0 saturated carbocycles. The first kappa shape index (κ1) is 12.2. The van der Waals surface area contributed by atoms with Crippen molar-refractivity contribution in [3.63, 3.8) is 0 Å². The van der Waals surface area contributed by atoms with E-state index in [-0.39, 0.29) is 18.1 Å². The van der Waals surface area contributed by atoms with Crippen LogP contribution in [0.15, 0.2) is 16.5 Å². The van der Waals surface area contributed by atoms with E-state index in [1.165, 1.54) is 0 Å². The number of nitrogens with zero attached hydrogens (tertiary/aromatic N) is 1. The quantitative estimate of drug-likeness (QED) is 0.791. The SMILES string of the molecule is CCc1ccc(C(=O)N2C[C@H](C)OC[C@H]2C)o1. The molecule has 0 spiro atoms. The van der Waals surface area contributed by atoms with Gasteiger partial charge in [0.15, 0.2) is 5.76 Å². The summed E-state index contributed by atoms with van der Waals surface area (Å²) in [6, 6.07) is 3.73. The van der Waals surface area contributed by atoms with Gasteiger partial charge in [-0.3, -0.25) is 4.79 Å². The van der Waals surface area contributed by atoms with Crippen LogP contribution in [-0.4, -0.2) is 36.1 Å². The summed E-state index contributed by atoms with van der Waals surface area (Å²) in [5.74, 6) is 1.25. The molecular formula is C13H19NO3. The highest BCUT2D eigenvalue weighted by Gasteiger charge is 2.29. The van der Waals surface area contributed by atoms with Crippen molar-refractivity contribution in [3.8, 4) is 0 Å². The molecule has 1 aromatic rings. The molecule has 2 atom stereocenters. The maximum absolute atomic E-state index is 12.3. The van der Waals surface area contributed by atoms with E-state index >= 15 is 0 Å². The molecule has 0 aromatic carbocycles. The summed E-state index contributed by atoms with van der Waals surface area (Å²) in [4.78, 5) is 14.1. The van der Waals surface area contributed by atoms with Crippen LogP contribution in [0.1, 0.15) is 37.1 Å². The second-order valence-electron chi connectivity index (χ2n) is 4.57. The zero-order valence-corrected chi connectivity index (χ0v) is 10.6. The lowest BCUT2D eigenvalue weighted by Crippen LogP contribution is -2.50. The Labute approximate surface area is 102 Å². The molecule has 0 aliphatic carbocycles. The van der Waals surface area contributed by atoms with Crippen LogP contribution in [0, 0.1) is 0 Å². The van der Waals surface area contributed by atoms with Crippen molar-refractivity contribution in [1.29, 1.82) is 0 Å². The summed E-state index contributed by atoms with van der Waals surface area (Å²) in [5.41, 5.74) is 0. The smallest absolute Gasteiger partial charge is 0.289 e. The van der Waals surface area contributed by atoms with E-state index in [0.717, 1.165) is 12.2 Å². The molecule has 1 amide bonds. The predicted molar refractivity (Wildman–Crippen MR) is 64.0 cm³/mol. The van der Waals surface area contributed by atoms with Crippen LogP contribution >= 0.6 is 0 Å². The zero-order chi connectivity index (χ0) is 12.4. The van der Waals surface area contributed by atoms with Crippen LogP contribution in [0.4, 0.5) is 0 Å². The highest BCUT2D eigenvalue weighted by Crippen LogP contribution is 2.17. The Morgan fingerprint density at radius 1 is 1.47 bits per heavy atom. The molecule has 2 rings (SSSR count). The van der Waals surface area contributed by atoms with Crippen LogP contribution < -0.4 is 0 Å². The van der Waals surface area contributed by atoms with E-state index in [1.54, 1.807) is 6.07 Å². The molecule has 1 saturated heterocycles. The van der Waals surface area contributed by atoms with Crippen molar-refractivity contribution in [3.05, 3.63) is 23.7 Å². The zero-order valence-electron chi connectivity index (χ0n) is 10.6. The Morgan fingerprint density at radius 3 is 2.88 bits per heavy atom. The van der Waals surface area contributed by atoms with Crippen LogP contribution in [0.3, 0.4) is 0 Å². The highest BCUT2D eigenvalue weighted by molar-refractivity contribution is 5.91. The Kier molecular flexibility index (Phi) is 3.52. The Balaban J connectivity index is 2.12. The Bertz CT molecular complexity index is 399. The number of aryl methyl sites for hydroxylation is 1. The van der Waals surface area contributed by atoms with E-state index in [9.17, 15) is 4.79 Å². The van der Waals surface area contributed by atoms with Gasteiger partial charge < -0.3 is 14.1 Å². The first-order chi connectivity index (χ1) is 8.11. The molecule has 1 fully saturated rings. The summed E-state index contributed by atoms with van der Waals surface area (Å²) in [5, 5.41) is 0. The number of morpholine rings is 1. The Morgan fingerprint density at radius 2 is 2.24 bits per heavy atom. The van der Waals surface area contributed by atoms with Crippen molar-refractivity contribution in [2.24, 2.45) is 0 Å². The van der Waals surface area contributed by atoms with E-state index in [2.05, 4.69) is 0 Å². The van der Waals surface area contributed by atoms with Gasteiger partial charge in [0.1, 0.15) is 5.76 Å². The van der Waals surface area contributed by atoms with Gasteiger partial charge in [-0.25, -0.2) is 0 Å². The summed E-state index contributed by atoms with van der Waals surface area (Å²) in [6.45, 7) is 7.20. The highest BCUT2D eigenvalue weighted by atomic mass is 16.5. The first-order valence-electron chi connectivity index (χ1n) is 6.13. The van der Waals surface area contributed by atoms with Crippen molar-refractivity contribution in [2.75, 3.05) is 13.2 Å². The molecule has 17 heavy (non-hydrogen) atoms. The number of carbonyl (C=O) groups excluding carboxylic acids is 1. The van der Waals surface area contributed by atoms with Gasteiger partial charge in [-0.2, -0.15) is 0 Å². The normalized spacial score (nSPS) is 25.0. The molecule has 2 heterocycles. The van der Waals surface area contributed by atoms with Crippen LogP contribution in [-0.2, 0) is 11.2 Å². The van der Waals surface area contributed by atoms with Gasteiger partial charge in [0.25, 0.3) is 5.91 Å². The van der Waals surface area contributed by atoms with Gasteiger partial charge in [0, 0.05) is 13.0 Å². The average Bonchev–Trinajstić information content (AvgIpc) is 2.80. The third kappa shape index (κ3) is 2.52. The minimum absolute atomic E-state index is 0.0349.